The number of hydrogen-bond donors (Lipinski definition) is 2. The Bertz CT molecular complexity index is 513. The molecule has 1 aliphatic rings. The molecular formula is C14H18N2O3. The van der Waals surface area contributed by atoms with Crippen LogP contribution < -0.4 is 10.2 Å². The van der Waals surface area contributed by atoms with Gasteiger partial charge in [-0.25, -0.2) is 0 Å². The van der Waals surface area contributed by atoms with Gasteiger partial charge in [-0.3, -0.25) is 9.59 Å². The number of benzene rings is 1. The first-order chi connectivity index (χ1) is 8.99. The Kier molecular flexibility index (Phi) is 3.74. The summed E-state index contributed by atoms with van der Waals surface area (Å²) in [4.78, 5) is 24.0. The number of carbonyl (C=O) groups excluding carboxylic acids is 1. The predicted molar refractivity (Wildman–Crippen MR) is 73.5 cm³/mol. The molecule has 0 aliphatic carbocycles. The highest BCUT2D eigenvalue weighted by Crippen LogP contribution is 2.29. The molecule has 1 atom stereocenters. The van der Waals surface area contributed by atoms with E-state index in [-0.39, 0.29) is 5.91 Å². The number of nitrogens with one attached hydrogen (secondary N) is 1. The number of carboxylic acid groups (broad SMARTS) is 1. The third-order valence-corrected chi connectivity index (χ3v) is 3.46. The maximum absolute atomic E-state index is 11.6. The summed E-state index contributed by atoms with van der Waals surface area (Å²) in [6.45, 7) is 2.06. The number of fused-ring (bicyclic) bond motifs is 1. The molecule has 1 aliphatic heterocycles. The van der Waals surface area contributed by atoms with Crippen molar-refractivity contribution in [2.75, 3.05) is 23.8 Å². The summed E-state index contributed by atoms with van der Waals surface area (Å²) < 4.78 is 0. The summed E-state index contributed by atoms with van der Waals surface area (Å²) in [5, 5.41) is 11.9. The fourth-order valence-corrected chi connectivity index (χ4v) is 2.12. The molecule has 5 nitrogen and oxygen atoms in total. The predicted octanol–water partition coefficient (Wildman–Crippen LogP) is 1.73. The number of aliphatic carboxylic acids is 1. The average Bonchev–Trinajstić information content (AvgIpc) is 2.40. The zero-order valence-corrected chi connectivity index (χ0v) is 11.1. The Labute approximate surface area is 112 Å². The molecule has 1 aromatic carbocycles. The van der Waals surface area contributed by atoms with Crippen LogP contribution in [-0.4, -0.2) is 30.6 Å². The number of rotatable bonds is 4. The Balaban J connectivity index is 2.09. The maximum atomic E-state index is 11.6. The van der Waals surface area contributed by atoms with Crippen LogP contribution >= 0.6 is 0 Å². The van der Waals surface area contributed by atoms with E-state index in [0.717, 1.165) is 23.4 Å². The van der Waals surface area contributed by atoms with Gasteiger partial charge >= 0.3 is 5.97 Å². The first-order valence-electron chi connectivity index (χ1n) is 6.35. The molecule has 1 amide bonds. The van der Waals surface area contributed by atoms with Crippen molar-refractivity contribution in [1.82, 2.24) is 0 Å². The Morgan fingerprint density at radius 1 is 1.47 bits per heavy atom. The number of amides is 1. The third-order valence-electron chi connectivity index (χ3n) is 3.46. The van der Waals surface area contributed by atoms with Gasteiger partial charge < -0.3 is 15.3 Å². The van der Waals surface area contributed by atoms with Crippen molar-refractivity contribution in [3.8, 4) is 0 Å². The molecular weight excluding hydrogens is 244 g/mol. The molecule has 1 aromatic rings. The Morgan fingerprint density at radius 2 is 2.21 bits per heavy atom. The molecule has 0 aromatic heterocycles. The van der Waals surface area contributed by atoms with Crippen LogP contribution in [0.4, 0.5) is 11.4 Å². The molecule has 0 fully saturated rings. The second-order valence-electron chi connectivity index (χ2n) is 4.92. The summed E-state index contributed by atoms with van der Waals surface area (Å²) in [5.41, 5.74) is 2.96. The van der Waals surface area contributed by atoms with E-state index < -0.39 is 11.9 Å². The third kappa shape index (κ3) is 2.86. The van der Waals surface area contributed by atoms with Crippen molar-refractivity contribution in [2.24, 2.45) is 5.92 Å². The van der Waals surface area contributed by atoms with E-state index in [2.05, 4.69) is 5.32 Å². The zero-order valence-electron chi connectivity index (χ0n) is 11.1. The molecule has 5 heteroatoms. The molecule has 0 spiro atoms. The van der Waals surface area contributed by atoms with Gasteiger partial charge in [0.05, 0.1) is 5.92 Å². The lowest BCUT2D eigenvalue weighted by Crippen LogP contribution is -2.31. The number of anilines is 2. The van der Waals surface area contributed by atoms with E-state index >= 15 is 0 Å². The standard InChI is InChI=1S/C14H18N2O3/c1-9(14(18)19)8-15-11-4-5-12-10(7-11)3-6-13(17)16(12)2/h4-5,7,9,15H,3,6,8H2,1-2H3,(H,18,19). The number of nitrogens with zero attached hydrogens (tertiary/aromatic N) is 1. The Hall–Kier alpha value is -2.04. The number of aryl methyl sites for hydroxylation is 1. The quantitative estimate of drug-likeness (QED) is 0.867. The van der Waals surface area contributed by atoms with Gasteiger partial charge in [0.2, 0.25) is 5.91 Å². The van der Waals surface area contributed by atoms with Crippen LogP contribution in [0.3, 0.4) is 0 Å². The minimum Gasteiger partial charge on any atom is -0.481 e. The minimum absolute atomic E-state index is 0.132. The van der Waals surface area contributed by atoms with Crippen LogP contribution in [0.5, 0.6) is 0 Å². The van der Waals surface area contributed by atoms with Crippen molar-refractivity contribution < 1.29 is 14.7 Å². The topological polar surface area (TPSA) is 69.6 Å². The molecule has 2 N–H and O–H groups in total. The van der Waals surface area contributed by atoms with Gasteiger partial charge in [0.15, 0.2) is 0 Å². The van der Waals surface area contributed by atoms with Crippen LogP contribution in [0, 0.1) is 5.92 Å². The van der Waals surface area contributed by atoms with Crippen molar-refractivity contribution in [1.29, 1.82) is 0 Å². The van der Waals surface area contributed by atoms with E-state index in [4.69, 9.17) is 5.11 Å². The second-order valence-corrected chi connectivity index (χ2v) is 4.92. The van der Waals surface area contributed by atoms with Crippen molar-refractivity contribution in [3.05, 3.63) is 23.8 Å². The second kappa shape index (κ2) is 5.30. The highest BCUT2D eigenvalue weighted by molar-refractivity contribution is 5.96. The molecule has 0 saturated heterocycles. The molecule has 0 bridgehead atoms. The van der Waals surface area contributed by atoms with Crippen LogP contribution in [0.2, 0.25) is 0 Å². The highest BCUT2D eigenvalue weighted by Gasteiger charge is 2.20. The highest BCUT2D eigenvalue weighted by atomic mass is 16.4. The summed E-state index contributed by atoms with van der Waals surface area (Å²) in [6.07, 6.45) is 1.26. The van der Waals surface area contributed by atoms with E-state index in [0.29, 0.717) is 13.0 Å². The van der Waals surface area contributed by atoms with E-state index in [1.165, 1.54) is 0 Å². The van der Waals surface area contributed by atoms with Gasteiger partial charge in [-0.05, 0) is 30.2 Å². The maximum Gasteiger partial charge on any atom is 0.308 e. The van der Waals surface area contributed by atoms with Gasteiger partial charge in [-0.1, -0.05) is 6.92 Å². The van der Waals surface area contributed by atoms with Crippen LogP contribution in [0.15, 0.2) is 18.2 Å². The Morgan fingerprint density at radius 3 is 2.89 bits per heavy atom. The fourth-order valence-electron chi connectivity index (χ4n) is 2.12. The fraction of sp³-hybridized carbons (Fsp3) is 0.429. The number of carbonyl (C=O) groups is 2. The minimum atomic E-state index is -0.809. The van der Waals surface area contributed by atoms with Crippen LogP contribution in [0.25, 0.3) is 0 Å². The molecule has 1 heterocycles. The molecule has 0 radical (unpaired) electrons. The average molecular weight is 262 g/mol. The molecule has 1 unspecified atom stereocenters. The lowest BCUT2D eigenvalue weighted by atomic mass is 10.0. The first kappa shape index (κ1) is 13.4. The van der Waals surface area contributed by atoms with Crippen molar-refractivity contribution in [3.63, 3.8) is 0 Å². The normalized spacial score (nSPS) is 15.9. The van der Waals surface area contributed by atoms with E-state index in [1.807, 2.05) is 18.2 Å². The first-order valence-corrected chi connectivity index (χ1v) is 6.35. The van der Waals surface area contributed by atoms with Gasteiger partial charge in [0.25, 0.3) is 0 Å². The number of hydrogen-bond acceptors (Lipinski definition) is 3. The van der Waals surface area contributed by atoms with Crippen molar-refractivity contribution >= 4 is 23.3 Å². The lowest BCUT2D eigenvalue weighted by Gasteiger charge is -2.26. The smallest absolute Gasteiger partial charge is 0.308 e. The van der Waals surface area contributed by atoms with Crippen LogP contribution in [0.1, 0.15) is 18.9 Å². The monoisotopic (exact) mass is 262 g/mol. The van der Waals surface area contributed by atoms with Crippen LogP contribution in [-0.2, 0) is 16.0 Å². The lowest BCUT2D eigenvalue weighted by molar-refractivity contribution is -0.140. The van der Waals surface area contributed by atoms with Gasteiger partial charge in [0.1, 0.15) is 0 Å². The van der Waals surface area contributed by atoms with E-state index in [1.54, 1.807) is 18.9 Å². The van der Waals surface area contributed by atoms with Gasteiger partial charge in [-0.2, -0.15) is 0 Å². The largest absolute Gasteiger partial charge is 0.481 e. The van der Waals surface area contributed by atoms with Gasteiger partial charge in [0, 0.05) is 31.4 Å². The summed E-state index contributed by atoms with van der Waals surface area (Å²) in [5.74, 6) is -1.11. The molecule has 19 heavy (non-hydrogen) atoms. The summed E-state index contributed by atoms with van der Waals surface area (Å²) >= 11 is 0. The van der Waals surface area contributed by atoms with E-state index in [9.17, 15) is 9.59 Å². The molecule has 2 rings (SSSR count). The molecule has 0 saturated carbocycles. The number of carboxylic acids is 1. The SMILES string of the molecule is CC(CNc1ccc2c(c1)CCC(=O)N2C)C(=O)O. The zero-order chi connectivity index (χ0) is 14.0. The van der Waals surface area contributed by atoms with Crippen molar-refractivity contribution in [2.45, 2.75) is 19.8 Å². The molecule has 102 valence electrons. The van der Waals surface area contributed by atoms with Gasteiger partial charge in [-0.15, -0.1) is 0 Å². The summed E-state index contributed by atoms with van der Waals surface area (Å²) in [6, 6.07) is 5.77. The summed E-state index contributed by atoms with van der Waals surface area (Å²) in [7, 11) is 1.78.